The zero-order valence-corrected chi connectivity index (χ0v) is 20.3. The van der Waals surface area contributed by atoms with Crippen LogP contribution in [0.5, 0.6) is 5.75 Å². The molecular weight excluding hydrogens is 464 g/mol. The molecule has 1 aromatic heterocycles. The molecule has 0 radical (unpaired) electrons. The Morgan fingerprint density at radius 1 is 1.17 bits per heavy atom. The van der Waals surface area contributed by atoms with Gasteiger partial charge in [0.2, 0.25) is 0 Å². The molecule has 3 aromatic rings. The summed E-state index contributed by atoms with van der Waals surface area (Å²) < 4.78 is 16.0. The van der Waals surface area contributed by atoms with Crippen LogP contribution in [-0.4, -0.2) is 55.9 Å². The highest BCUT2D eigenvalue weighted by Crippen LogP contribution is 2.32. The smallest absolute Gasteiger partial charge is 0.407 e. The van der Waals surface area contributed by atoms with Crippen LogP contribution in [0.3, 0.4) is 0 Å². The van der Waals surface area contributed by atoms with Gasteiger partial charge in [-0.15, -0.1) is 0 Å². The van der Waals surface area contributed by atoms with Crippen LogP contribution in [0.1, 0.15) is 12.0 Å². The fourth-order valence-electron chi connectivity index (χ4n) is 3.39. The number of nitrogens with zero attached hydrogens (tertiary/aromatic N) is 3. The van der Waals surface area contributed by atoms with Gasteiger partial charge >= 0.3 is 12.1 Å². The van der Waals surface area contributed by atoms with Crippen LogP contribution in [0.25, 0.3) is 11.3 Å². The highest BCUT2D eigenvalue weighted by molar-refractivity contribution is 6.00. The average Bonchev–Trinajstić information content (AvgIpc) is 3.37. The maximum Gasteiger partial charge on any atom is 0.407 e. The standard InChI is InChI=1S/C25H28N6O5/c1-31(2)15-20(9-10-26)36-25(33)28-13-17-5-4-6-18(11-17)29-24(32)30-19-7-8-21(22(12-19)34-3)23-14-27-16-35-23/h4-8,11-12,14,16,20H,9,13,15H2,1-3H3,(H,28,33)(H2,29,30,32)/t20-/m0/s1. The van der Waals surface area contributed by atoms with Crippen LogP contribution in [0.15, 0.2) is 59.5 Å². The zero-order chi connectivity index (χ0) is 25.9. The second-order valence-electron chi connectivity index (χ2n) is 8.07. The number of benzene rings is 2. The number of likely N-dealkylation sites (N-methyl/N-ethyl adjacent to an activating group) is 1. The number of hydrogen-bond donors (Lipinski definition) is 3. The summed E-state index contributed by atoms with van der Waals surface area (Å²) in [5.41, 5.74) is 2.53. The van der Waals surface area contributed by atoms with E-state index >= 15 is 0 Å². The molecule has 2 aromatic carbocycles. The lowest BCUT2D eigenvalue weighted by Gasteiger charge is -2.19. The van der Waals surface area contributed by atoms with Gasteiger partial charge in [-0.05, 0) is 43.9 Å². The monoisotopic (exact) mass is 492 g/mol. The van der Waals surface area contributed by atoms with Gasteiger partial charge in [0, 0.05) is 30.5 Å². The van der Waals surface area contributed by atoms with Crippen molar-refractivity contribution in [2.75, 3.05) is 38.4 Å². The minimum atomic E-state index is -0.615. The van der Waals surface area contributed by atoms with Crippen molar-refractivity contribution >= 4 is 23.5 Å². The van der Waals surface area contributed by atoms with Gasteiger partial charge in [-0.25, -0.2) is 14.6 Å². The summed E-state index contributed by atoms with van der Waals surface area (Å²) in [6, 6.07) is 13.8. The van der Waals surface area contributed by atoms with Gasteiger partial charge in [0.25, 0.3) is 0 Å². The number of nitrogens with one attached hydrogen (secondary N) is 3. The molecule has 3 amide bonds. The number of methoxy groups -OCH3 is 1. The van der Waals surface area contributed by atoms with Gasteiger partial charge in [-0.2, -0.15) is 5.26 Å². The second-order valence-corrected chi connectivity index (χ2v) is 8.07. The van der Waals surface area contributed by atoms with Crippen molar-refractivity contribution in [3.63, 3.8) is 0 Å². The number of ether oxygens (including phenoxy) is 2. The van der Waals surface area contributed by atoms with Gasteiger partial charge in [-0.1, -0.05) is 12.1 Å². The molecule has 0 unspecified atom stereocenters. The summed E-state index contributed by atoms with van der Waals surface area (Å²) in [5, 5.41) is 17.1. The summed E-state index contributed by atoms with van der Waals surface area (Å²) in [4.78, 5) is 30.4. The summed E-state index contributed by atoms with van der Waals surface area (Å²) in [5.74, 6) is 1.07. The van der Waals surface area contributed by atoms with Gasteiger partial charge in [0.05, 0.1) is 31.4 Å². The Balaban J connectivity index is 1.55. The molecular formula is C25H28N6O5. The first-order valence-corrected chi connectivity index (χ1v) is 11.1. The Hall–Kier alpha value is -4.56. The van der Waals surface area contributed by atoms with Crippen LogP contribution in [0, 0.1) is 11.3 Å². The fraction of sp³-hybridized carbons (Fsp3) is 0.280. The molecule has 1 atom stereocenters. The first-order valence-electron chi connectivity index (χ1n) is 11.1. The van der Waals surface area contributed by atoms with E-state index in [2.05, 4.69) is 20.9 Å². The molecule has 3 N–H and O–H groups in total. The molecule has 36 heavy (non-hydrogen) atoms. The molecule has 0 spiro atoms. The molecule has 1 heterocycles. The molecule has 0 aliphatic heterocycles. The molecule has 0 bridgehead atoms. The highest BCUT2D eigenvalue weighted by Gasteiger charge is 2.15. The SMILES string of the molecule is COc1cc(NC(=O)Nc2cccc(CNC(=O)O[C@@H](CC#N)CN(C)C)c2)ccc1-c1cnco1. The largest absolute Gasteiger partial charge is 0.496 e. The van der Waals surface area contributed by atoms with Gasteiger partial charge in [0.15, 0.2) is 12.2 Å². The molecule has 0 aliphatic rings. The van der Waals surface area contributed by atoms with Crippen LogP contribution in [0.4, 0.5) is 21.0 Å². The van der Waals surface area contributed by atoms with Crippen molar-refractivity contribution in [3.05, 3.63) is 60.6 Å². The van der Waals surface area contributed by atoms with Crippen molar-refractivity contribution in [2.45, 2.75) is 19.1 Å². The maximum atomic E-state index is 12.5. The Morgan fingerprint density at radius 2 is 1.94 bits per heavy atom. The van der Waals surface area contributed by atoms with Gasteiger partial charge < -0.3 is 34.7 Å². The fourth-order valence-corrected chi connectivity index (χ4v) is 3.39. The van der Waals surface area contributed by atoms with Crippen molar-refractivity contribution in [1.29, 1.82) is 5.26 Å². The van der Waals surface area contributed by atoms with E-state index in [1.54, 1.807) is 42.6 Å². The second kappa shape index (κ2) is 12.8. The third kappa shape index (κ3) is 7.75. The molecule has 11 nitrogen and oxygen atoms in total. The summed E-state index contributed by atoms with van der Waals surface area (Å²) in [6.07, 6.45) is 1.88. The summed E-state index contributed by atoms with van der Waals surface area (Å²) >= 11 is 0. The van der Waals surface area contributed by atoms with Crippen LogP contribution < -0.4 is 20.7 Å². The first-order chi connectivity index (χ1) is 17.4. The number of hydrogen-bond acceptors (Lipinski definition) is 8. The van der Waals surface area contributed by atoms with E-state index in [1.807, 2.05) is 31.1 Å². The van der Waals surface area contributed by atoms with E-state index < -0.39 is 18.2 Å². The van der Waals surface area contributed by atoms with Crippen molar-refractivity contribution in [1.82, 2.24) is 15.2 Å². The minimum absolute atomic E-state index is 0.106. The maximum absolute atomic E-state index is 12.5. The number of amides is 3. The van der Waals surface area contributed by atoms with Crippen LogP contribution in [0.2, 0.25) is 0 Å². The quantitative estimate of drug-likeness (QED) is 0.385. The van der Waals surface area contributed by atoms with E-state index in [0.717, 1.165) is 5.56 Å². The molecule has 3 rings (SSSR count). The predicted octanol–water partition coefficient (Wildman–Crippen LogP) is 4.06. The van der Waals surface area contributed by atoms with E-state index in [0.29, 0.717) is 35.0 Å². The third-order valence-electron chi connectivity index (χ3n) is 4.94. The van der Waals surface area contributed by atoms with E-state index in [-0.39, 0.29) is 13.0 Å². The number of anilines is 2. The first kappa shape index (κ1) is 26.1. The van der Waals surface area contributed by atoms with Crippen molar-refractivity contribution in [2.24, 2.45) is 0 Å². The van der Waals surface area contributed by atoms with Gasteiger partial charge in [-0.3, -0.25) is 0 Å². The van der Waals surface area contributed by atoms with Crippen molar-refractivity contribution in [3.8, 4) is 23.1 Å². The Kier molecular flexibility index (Phi) is 9.25. The van der Waals surface area contributed by atoms with E-state index in [4.69, 9.17) is 19.2 Å². The van der Waals surface area contributed by atoms with Gasteiger partial charge in [0.1, 0.15) is 11.9 Å². The number of rotatable bonds is 10. The molecule has 188 valence electrons. The minimum Gasteiger partial charge on any atom is -0.496 e. The number of oxazole rings is 1. The molecule has 0 saturated heterocycles. The Morgan fingerprint density at radius 3 is 2.61 bits per heavy atom. The lowest BCUT2D eigenvalue weighted by molar-refractivity contribution is 0.0830. The third-order valence-corrected chi connectivity index (χ3v) is 4.94. The van der Waals surface area contributed by atoms with Crippen LogP contribution >= 0.6 is 0 Å². The number of urea groups is 1. The number of carbonyl (C=O) groups excluding carboxylic acids is 2. The summed E-state index contributed by atoms with van der Waals surface area (Å²) in [7, 11) is 5.20. The number of aromatic nitrogens is 1. The topological polar surface area (TPSA) is 142 Å². The zero-order valence-electron chi connectivity index (χ0n) is 20.3. The van der Waals surface area contributed by atoms with Crippen LogP contribution in [-0.2, 0) is 11.3 Å². The normalized spacial score (nSPS) is 11.3. The lowest BCUT2D eigenvalue weighted by atomic mass is 10.1. The molecule has 0 saturated carbocycles. The van der Waals surface area contributed by atoms with E-state index in [9.17, 15) is 9.59 Å². The lowest BCUT2D eigenvalue weighted by Crippen LogP contribution is -2.34. The highest BCUT2D eigenvalue weighted by atomic mass is 16.6. The van der Waals surface area contributed by atoms with E-state index in [1.165, 1.54) is 13.5 Å². The van der Waals surface area contributed by atoms with Crippen molar-refractivity contribution < 1.29 is 23.5 Å². The molecule has 0 aliphatic carbocycles. The summed E-state index contributed by atoms with van der Waals surface area (Å²) in [6.45, 7) is 0.641. The molecule has 0 fully saturated rings. The number of nitriles is 1. The molecule has 11 heteroatoms. The Bertz CT molecular complexity index is 1210. The number of carbonyl (C=O) groups is 2. The number of alkyl carbamates (subject to hydrolysis) is 1. The predicted molar refractivity (Wildman–Crippen MR) is 133 cm³/mol. The Labute approximate surface area is 209 Å². The average molecular weight is 493 g/mol.